The zero-order valence-corrected chi connectivity index (χ0v) is 18.5. The minimum Gasteiger partial charge on any atom is -0.406 e. The summed E-state index contributed by atoms with van der Waals surface area (Å²) < 4.78 is 40.6. The zero-order chi connectivity index (χ0) is 24.1. The van der Waals surface area contributed by atoms with E-state index in [1.165, 1.54) is 12.3 Å². The first-order chi connectivity index (χ1) is 16.3. The van der Waals surface area contributed by atoms with Crippen molar-refractivity contribution in [2.24, 2.45) is 0 Å². The molecule has 0 saturated carbocycles. The molecule has 4 rings (SSSR count). The van der Waals surface area contributed by atoms with Crippen molar-refractivity contribution < 1.29 is 22.8 Å². The Hall–Kier alpha value is -3.66. The minimum absolute atomic E-state index is 0.0149. The van der Waals surface area contributed by atoms with E-state index in [4.69, 9.17) is 4.84 Å². The minimum atomic E-state index is -4.60. The molecule has 2 N–H and O–H groups in total. The molecule has 3 heterocycles. The number of hydroxylamine groups is 2. The molecule has 0 bridgehead atoms. The molecule has 1 aliphatic heterocycles. The number of hydrogen-bond acceptors (Lipinski definition) is 6. The van der Waals surface area contributed by atoms with Crippen LogP contribution in [-0.4, -0.2) is 33.5 Å². The Labute approximate surface area is 194 Å². The molecule has 1 fully saturated rings. The van der Waals surface area contributed by atoms with Gasteiger partial charge in [-0.05, 0) is 61.7 Å². The summed E-state index contributed by atoms with van der Waals surface area (Å²) in [6.07, 6.45) is 2.04. The maximum Gasteiger partial charge on any atom is 0.416 e. The van der Waals surface area contributed by atoms with Crippen LogP contribution >= 0.6 is 0 Å². The Morgan fingerprint density at radius 3 is 2.68 bits per heavy atom. The number of carbonyl (C=O) groups excluding carboxylic acids is 1. The van der Waals surface area contributed by atoms with Crippen molar-refractivity contribution >= 4 is 17.4 Å². The number of rotatable bonds is 7. The summed E-state index contributed by atoms with van der Waals surface area (Å²) in [6, 6.07) is 10.1. The highest BCUT2D eigenvalue weighted by Crippen LogP contribution is 2.35. The first-order valence-corrected chi connectivity index (χ1v) is 10.9. The number of amides is 1. The van der Waals surface area contributed by atoms with Crippen LogP contribution in [0.1, 0.15) is 41.3 Å². The average Bonchev–Trinajstić information content (AvgIpc) is 3.22. The Balaban J connectivity index is 1.55. The van der Waals surface area contributed by atoms with Crippen LogP contribution in [0.3, 0.4) is 0 Å². The molecule has 34 heavy (non-hydrogen) atoms. The number of aromatic nitrogens is 2. The van der Waals surface area contributed by atoms with Crippen molar-refractivity contribution in [1.82, 2.24) is 15.0 Å². The van der Waals surface area contributed by atoms with Crippen LogP contribution in [0.2, 0.25) is 0 Å². The third-order valence-electron chi connectivity index (χ3n) is 5.47. The smallest absolute Gasteiger partial charge is 0.406 e. The Morgan fingerprint density at radius 2 is 1.97 bits per heavy atom. The van der Waals surface area contributed by atoms with E-state index in [1.807, 2.05) is 19.1 Å². The number of benzene rings is 1. The molecule has 1 saturated heterocycles. The number of carbonyl (C=O) groups is 1. The van der Waals surface area contributed by atoms with E-state index in [0.29, 0.717) is 18.9 Å². The van der Waals surface area contributed by atoms with Gasteiger partial charge in [0.25, 0.3) is 5.91 Å². The van der Waals surface area contributed by atoms with Gasteiger partial charge in [-0.1, -0.05) is 0 Å². The van der Waals surface area contributed by atoms with Crippen LogP contribution in [0.15, 0.2) is 61.1 Å². The lowest BCUT2D eigenvalue weighted by Crippen LogP contribution is -2.30. The molecular weight excluding hydrogens is 447 g/mol. The van der Waals surface area contributed by atoms with Crippen molar-refractivity contribution in [3.63, 3.8) is 0 Å². The third-order valence-corrected chi connectivity index (χ3v) is 5.47. The molecule has 0 radical (unpaired) electrons. The molecule has 1 aliphatic rings. The van der Waals surface area contributed by atoms with Gasteiger partial charge in [0.05, 0.1) is 11.1 Å². The SMILES string of the molecule is C[C@H]1CCCN1Oc1cc(NC(=O)c2cccnc2NCc2ccncc2)cc(C(F)(F)F)c1. The summed E-state index contributed by atoms with van der Waals surface area (Å²) in [5, 5.41) is 7.30. The summed E-state index contributed by atoms with van der Waals surface area (Å²) in [6.45, 7) is 2.98. The lowest BCUT2D eigenvalue weighted by atomic mass is 10.1. The van der Waals surface area contributed by atoms with Gasteiger partial charge in [-0.2, -0.15) is 13.2 Å². The summed E-state index contributed by atoms with van der Waals surface area (Å²) >= 11 is 0. The molecule has 1 atom stereocenters. The molecule has 0 aliphatic carbocycles. The fourth-order valence-electron chi connectivity index (χ4n) is 3.68. The second kappa shape index (κ2) is 10.1. The molecule has 178 valence electrons. The summed E-state index contributed by atoms with van der Waals surface area (Å²) in [5.41, 5.74) is 0.201. The topological polar surface area (TPSA) is 79.4 Å². The van der Waals surface area contributed by atoms with Crippen molar-refractivity contribution in [3.05, 3.63) is 77.7 Å². The number of anilines is 2. The summed E-state index contributed by atoms with van der Waals surface area (Å²) in [4.78, 5) is 26.9. The standard InChI is InChI=1S/C24H24F3N5O2/c1-16-4-3-11-32(16)34-20-13-18(24(25,26)27)12-19(14-20)31-23(33)21-5-2-8-29-22(21)30-15-17-6-9-28-10-7-17/h2,5-10,12-14,16H,3-4,11,15H2,1H3,(H,29,30)(H,31,33)/t16-/m0/s1. The molecule has 1 amide bonds. The molecule has 0 unspecified atom stereocenters. The summed E-state index contributed by atoms with van der Waals surface area (Å²) in [7, 11) is 0. The van der Waals surface area contributed by atoms with Crippen LogP contribution in [0.5, 0.6) is 5.75 Å². The van der Waals surface area contributed by atoms with Crippen molar-refractivity contribution in [2.45, 2.75) is 38.5 Å². The van der Waals surface area contributed by atoms with Crippen LogP contribution in [0.4, 0.5) is 24.7 Å². The van der Waals surface area contributed by atoms with Gasteiger partial charge in [0.15, 0.2) is 0 Å². The van der Waals surface area contributed by atoms with Gasteiger partial charge in [0.2, 0.25) is 0 Å². The molecule has 3 aromatic rings. The highest BCUT2D eigenvalue weighted by atomic mass is 19.4. The first kappa shape index (κ1) is 23.5. The number of nitrogens with one attached hydrogen (secondary N) is 2. The first-order valence-electron chi connectivity index (χ1n) is 10.9. The van der Waals surface area contributed by atoms with E-state index in [1.54, 1.807) is 29.6 Å². The number of nitrogens with zero attached hydrogens (tertiary/aromatic N) is 3. The summed E-state index contributed by atoms with van der Waals surface area (Å²) in [5.74, 6) is -0.266. The van der Waals surface area contributed by atoms with E-state index in [0.717, 1.165) is 30.5 Å². The fourth-order valence-corrected chi connectivity index (χ4v) is 3.68. The Kier molecular flexibility index (Phi) is 6.97. The highest BCUT2D eigenvalue weighted by molar-refractivity contribution is 6.07. The monoisotopic (exact) mass is 471 g/mol. The predicted molar refractivity (Wildman–Crippen MR) is 121 cm³/mol. The molecule has 0 spiro atoms. The molecule has 10 heteroatoms. The largest absolute Gasteiger partial charge is 0.416 e. The van der Waals surface area contributed by atoms with E-state index in [-0.39, 0.29) is 23.0 Å². The highest BCUT2D eigenvalue weighted by Gasteiger charge is 2.32. The molecule has 1 aromatic carbocycles. The van der Waals surface area contributed by atoms with E-state index >= 15 is 0 Å². The molecule has 7 nitrogen and oxygen atoms in total. The van der Waals surface area contributed by atoms with Gasteiger partial charge < -0.3 is 15.5 Å². The molecule has 2 aromatic heterocycles. The predicted octanol–water partition coefficient (Wildman–Crippen LogP) is 5.14. The fraction of sp³-hybridized carbons (Fsp3) is 0.292. The van der Waals surface area contributed by atoms with E-state index < -0.39 is 17.6 Å². The van der Waals surface area contributed by atoms with E-state index in [2.05, 4.69) is 20.6 Å². The van der Waals surface area contributed by atoms with Gasteiger partial charge in [0, 0.05) is 49.5 Å². The van der Waals surface area contributed by atoms with E-state index in [9.17, 15) is 18.0 Å². The maximum absolute atomic E-state index is 13.5. The number of hydrogen-bond donors (Lipinski definition) is 2. The molecular formula is C24H24F3N5O2. The lowest BCUT2D eigenvalue weighted by molar-refractivity contribution is -0.138. The maximum atomic E-state index is 13.5. The van der Waals surface area contributed by atoms with Gasteiger partial charge in [-0.15, -0.1) is 5.06 Å². The van der Waals surface area contributed by atoms with Crippen LogP contribution < -0.4 is 15.5 Å². The normalized spacial score (nSPS) is 16.3. The van der Waals surface area contributed by atoms with Crippen LogP contribution in [-0.2, 0) is 12.7 Å². The number of alkyl halides is 3. The van der Waals surface area contributed by atoms with Gasteiger partial charge in [0.1, 0.15) is 11.6 Å². The number of halogens is 3. The van der Waals surface area contributed by atoms with Crippen molar-refractivity contribution in [1.29, 1.82) is 0 Å². The zero-order valence-electron chi connectivity index (χ0n) is 18.5. The van der Waals surface area contributed by atoms with Crippen molar-refractivity contribution in [2.75, 3.05) is 17.2 Å². The number of pyridine rings is 2. The second-order valence-corrected chi connectivity index (χ2v) is 8.03. The Bertz CT molecular complexity index is 1140. The van der Waals surface area contributed by atoms with Crippen LogP contribution in [0.25, 0.3) is 0 Å². The third kappa shape index (κ3) is 5.82. The van der Waals surface area contributed by atoms with Gasteiger partial charge in [-0.3, -0.25) is 9.78 Å². The van der Waals surface area contributed by atoms with Crippen LogP contribution in [0, 0.1) is 0 Å². The van der Waals surface area contributed by atoms with Gasteiger partial charge in [-0.25, -0.2) is 4.98 Å². The van der Waals surface area contributed by atoms with Gasteiger partial charge >= 0.3 is 6.18 Å². The average molecular weight is 471 g/mol. The Morgan fingerprint density at radius 1 is 1.18 bits per heavy atom. The van der Waals surface area contributed by atoms with Crippen molar-refractivity contribution in [3.8, 4) is 5.75 Å². The second-order valence-electron chi connectivity index (χ2n) is 8.03. The lowest BCUT2D eigenvalue weighted by Gasteiger charge is -2.22. The quantitative estimate of drug-likeness (QED) is 0.497.